The topological polar surface area (TPSA) is 105 Å². The van der Waals surface area contributed by atoms with E-state index in [0.717, 1.165) is 11.9 Å². The summed E-state index contributed by atoms with van der Waals surface area (Å²) < 4.78 is 53.6. The first-order valence-corrected chi connectivity index (χ1v) is 10.0. The van der Waals surface area contributed by atoms with Gasteiger partial charge in [0.15, 0.2) is 0 Å². The van der Waals surface area contributed by atoms with E-state index in [1.807, 2.05) is 0 Å². The molecule has 1 aromatic rings. The molecule has 0 fully saturated rings. The van der Waals surface area contributed by atoms with E-state index in [-0.39, 0.29) is 25.7 Å². The Balaban J connectivity index is 2.16. The van der Waals surface area contributed by atoms with Crippen LogP contribution in [0.2, 0.25) is 0 Å². The van der Waals surface area contributed by atoms with E-state index in [4.69, 9.17) is 0 Å². The molecule has 0 aliphatic carbocycles. The highest BCUT2D eigenvalue weighted by atomic mass is 32.2. The normalized spacial score (nSPS) is 20.3. The summed E-state index contributed by atoms with van der Waals surface area (Å²) in [5.41, 5.74) is 0.793. The highest BCUT2D eigenvalue weighted by Gasteiger charge is 2.33. The SMILES string of the molecule is CN(C)S(=O)(=O)N1Cc2ccnn2[C@@H](CCNS(C)(=O)=O)C1. The summed E-state index contributed by atoms with van der Waals surface area (Å²) in [7, 11) is -3.81. The second kappa shape index (κ2) is 6.24. The van der Waals surface area contributed by atoms with Crippen molar-refractivity contribution in [3.8, 4) is 0 Å². The Morgan fingerprint density at radius 2 is 2.05 bits per heavy atom. The number of fused-ring (bicyclic) bond motifs is 1. The first-order chi connectivity index (χ1) is 10.1. The van der Waals surface area contributed by atoms with E-state index in [1.165, 1.54) is 22.7 Å². The van der Waals surface area contributed by atoms with Crippen molar-refractivity contribution in [1.29, 1.82) is 0 Å². The van der Waals surface area contributed by atoms with Crippen LogP contribution in [-0.2, 0) is 26.8 Å². The van der Waals surface area contributed by atoms with E-state index >= 15 is 0 Å². The van der Waals surface area contributed by atoms with Gasteiger partial charge in [-0.3, -0.25) is 4.68 Å². The number of nitrogens with zero attached hydrogens (tertiary/aromatic N) is 4. The molecule has 0 radical (unpaired) electrons. The maximum atomic E-state index is 12.3. The van der Waals surface area contributed by atoms with Crippen LogP contribution in [0.25, 0.3) is 0 Å². The monoisotopic (exact) mass is 351 g/mol. The maximum absolute atomic E-state index is 12.3. The summed E-state index contributed by atoms with van der Waals surface area (Å²) in [4.78, 5) is 0. The molecule has 0 saturated carbocycles. The van der Waals surface area contributed by atoms with Crippen molar-refractivity contribution in [2.45, 2.75) is 19.0 Å². The summed E-state index contributed by atoms with van der Waals surface area (Å²) in [5.74, 6) is 0. The maximum Gasteiger partial charge on any atom is 0.281 e. The van der Waals surface area contributed by atoms with Crippen LogP contribution < -0.4 is 4.72 Å². The molecule has 1 aliphatic heterocycles. The molecule has 0 saturated heterocycles. The van der Waals surface area contributed by atoms with Crippen LogP contribution >= 0.6 is 0 Å². The van der Waals surface area contributed by atoms with Gasteiger partial charge >= 0.3 is 0 Å². The van der Waals surface area contributed by atoms with Crippen LogP contribution in [0.3, 0.4) is 0 Å². The zero-order chi connectivity index (χ0) is 16.5. The largest absolute Gasteiger partial charge is 0.281 e. The van der Waals surface area contributed by atoms with Crippen LogP contribution in [0, 0.1) is 0 Å². The minimum Gasteiger partial charge on any atom is -0.264 e. The number of hydrogen-bond donors (Lipinski definition) is 1. The minimum absolute atomic E-state index is 0.206. The Morgan fingerprint density at radius 3 is 2.64 bits per heavy atom. The third kappa shape index (κ3) is 3.84. The Bertz CT molecular complexity index is 725. The molecule has 11 heteroatoms. The van der Waals surface area contributed by atoms with Crippen LogP contribution in [-0.4, -0.2) is 68.7 Å². The molecule has 0 bridgehead atoms. The van der Waals surface area contributed by atoms with Gasteiger partial charge in [-0.2, -0.15) is 22.1 Å². The Morgan fingerprint density at radius 1 is 1.36 bits per heavy atom. The molecular formula is C11H21N5O4S2. The number of nitrogens with one attached hydrogen (secondary N) is 1. The zero-order valence-corrected chi connectivity index (χ0v) is 14.4. The van der Waals surface area contributed by atoms with Gasteiger partial charge in [-0.25, -0.2) is 13.1 Å². The fourth-order valence-electron chi connectivity index (χ4n) is 2.38. The molecule has 0 unspecified atom stereocenters. The van der Waals surface area contributed by atoms with Crippen molar-refractivity contribution in [2.24, 2.45) is 0 Å². The molecule has 2 rings (SSSR count). The predicted octanol–water partition coefficient (Wildman–Crippen LogP) is -1.01. The van der Waals surface area contributed by atoms with E-state index in [1.54, 1.807) is 16.9 Å². The molecular weight excluding hydrogens is 330 g/mol. The third-order valence-corrected chi connectivity index (χ3v) is 6.06. The van der Waals surface area contributed by atoms with Crippen molar-refractivity contribution >= 4 is 20.2 Å². The van der Waals surface area contributed by atoms with E-state index < -0.39 is 20.2 Å². The lowest BCUT2D eigenvalue weighted by Gasteiger charge is -2.34. The first-order valence-electron chi connectivity index (χ1n) is 6.76. The van der Waals surface area contributed by atoms with Gasteiger partial charge in [-0.15, -0.1) is 0 Å². The lowest BCUT2D eigenvalue weighted by atomic mass is 10.1. The quantitative estimate of drug-likeness (QED) is 0.707. The van der Waals surface area contributed by atoms with Gasteiger partial charge in [0.25, 0.3) is 10.2 Å². The number of hydrogen-bond acceptors (Lipinski definition) is 5. The van der Waals surface area contributed by atoms with E-state index in [2.05, 4.69) is 9.82 Å². The van der Waals surface area contributed by atoms with Gasteiger partial charge in [0.05, 0.1) is 24.5 Å². The molecule has 1 aliphatic rings. The minimum atomic E-state index is -3.52. The zero-order valence-electron chi connectivity index (χ0n) is 12.8. The summed E-state index contributed by atoms with van der Waals surface area (Å²) >= 11 is 0. The Hall–Kier alpha value is -1.01. The van der Waals surface area contributed by atoms with Crippen LogP contribution in [0.1, 0.15) is 18.2 Å². The molecule has 22 heavy (non-hydrogen) atoms. The van der Waals surface area contributed by atoms with Gasteiger partial charge < -0.3 is 0 Å². The van der Waals surface area contributed by atoms with E-state index in [9.17, 15) is 16.8 Å². The molecule has 2 heterocycles. The third-order valence-electron chi connectivity index (χ3n) is 3.48. The molecule has 1 N–H and O–H groups in total. The van der Waals surface area contributed by atoms with Crippen molar-refractivity contribution in [1.82, 2.24) is 23.1 Å². The molecule has 0 spiro atoms. The average Bonchev–Trinajstić information content (AvgIpc) is 2.85. The van der Waals surface area contributed by atoms with Crippen molar-refractivity contribution < 1.29 is 16.8 Å². The fraction of sp³-hybridized carbons (Fsp3) is 0.727. The van der Waals surface area contributed by atoms with Crippen molar-refractivity contribution in [3.63, 3.8) is 0 Å². The Labute approximate surface area is 131 Å². The number of aromatic nitrogens is 2. The molecule has 126 valence electrons. The van der Waals surface area contributed by atoms with Crippen molar-refractivity contribution in [3.05, 3.63) is 18.0 Å². The first kappa shape index (κ1) is 17.3. The molecule has 1 aromatic heterocycles. The summed E-state index contributed by atoms with van der Waals surface area (Å²) in [6.45, 7) is 0.760. The molecule has 0 amide bonds. The summed E-state index contributed by atoms with van der Waals surface area (Å²) in [5, 5.41) is 4.22. The standard InChI is InChI=1S/C11H21N5O4S2/c1-14(2)22(19,20)15-8-10-4-6-12-16(10)11(9-15)5-7-13-21(3,17)18/h4,6,11,13H,5,7-9H2,1-3H3/t11-/m0/s1. The molecule has 1 atom stereocenters. The summed E-state index contributed by atoms with van der Waals surface area (Å²) in [6, 6.07) is 1.57. The highest BCUT2D eigenvalue weighted by Crippen LogP contribution is 2.25. The second-order valence-corrected chi connectivity index (χ2v) is 9.43. The fourth-order valence-corrected chi connectivity index (χ4v) is 3.99. The van der Waals surface area contributed by atoms with Gasteiger partial charge in [0.2, 0.25) is 10.0 Å². The second-order valence-electron chi connectivity index (χ2n) is 5.46. The Kier molecular flexibility index (Phi) is 4.92. The molecule has 9 nitrogen and oxygen atoms in total. The predicted molar refractivity (Wildman–Crippen MR) is 81.7 cm³/mol. The number of sulfonamides is 1. The van der Waals surface area contributed by atoms with E-state index in [0.29, 0.717) is 6.42 Å². The van der Waals surface area contributed by atoms with Gasteiger partial charge in [0, 0.05) is 33.4 Å². The smallest absolute Gasteiger partial charge is 0.264 e. The van der Waals surface area contributed by atoms with Crippen LogP contribution in [0.15, 0.2) is 12.3 Å². The molecule has 0 aromatic carbocycles. The van der Waals surface area contributed by atoms with Gasteiger partial charge in [-0.05, 0) is 12.5 Å². The van der Waals surface area contributed by atoms with Crippen molar-refractivity contribution in [2.75, 3.05) is 33.4 Å². The lowest BCUT2D eigenvalue weighted by Crippen LogP contribution is -2.46. The number of rotatable bonds is 6. The van der Waals surface area contributed by atoms with Crippen LogP contribution in [0.5, 0.6) is 0 Å². The van der Waals surface area contributed by atoms with Crippen LogP contribution in [0.4, 0.5) is 0 Å². The highest BCUT2D eigenvalue weighted by molar-refractivity contribution is 7.88. The van der Waals surface area contributed by atoms with Gasteiger partial charge in [-0.1, -0.05) is 0 Å². The average molecular weight is 351 g/mol. The lowest BCUT2D eigenvalue weighted by molar-refractivity contribution is 0.246. The summed E-state index contributed by atoms with van der Waals surface area (Å²) in [6.07, 6.45) is 3.18. The van der Waals surface area contributed by atoms with Gasteiger partial charge in [0.1, 0.15) is 0 Å².